The third kappa shape index (κ3) is 5.93. The van der Waals surface area contributed by atoms with Gasteiger partial charge in [0, 0.05) is 11.4 Å². The predicted octanol–water partition coefficient (Wildman–Crippen LogP) is 2.42. The summed E-state index contributed by atoms with van der Waals surface area (Å²) in [6.45, 7) is -1.85. The van der Waals surface area contributed by atoms with Crippen molar-refractivity contribution in [2.75, 3.05) is 19.8 Å². The lowest BCUT2D eigenvalue weighted by Crippen LogP contribution is -2.29. The largest absolute Gasteiger partial charge is 0.411 e. The van der Waals surface area contributed by atoms with E-state index in [1.165, 1.54) is 12.1 Å². The summed E-state index contributed by atoms with van der Waals surface area (Å²) in [6, 6.07) is 3.68. The molecular formula is C11H11F4NO2S. The number of thiol groups is 1. The van der Waals surface area contributed by atoms with Gasteiger partial charge in [-0.05, 0) is 18.2 Å². The monoisotopic (exact) mass is 297 g/mol. The first-order chi connectivity index (χ1) is 8.79. The zero-order valence-corrected chi connectivity index (χ0v) is 10.5. The molecule has 1 N–H and O–H groups in total. The minimum Gasteiger partial charge on any atom is -0.370 e. The molecule has 0 saturated heterocycles. The van der Waals surface area contributed by atoms with Gasteiger partial charge in [0.2, 0.25) is 0 Å². The smallest absolute Gasteiger partial charge is 0.370 e. The van der Waals surface area contributed by atoms with Gasteiger partial charge < -0.3 is 10.1 Å². The fraction of sp³-hybridized carbons (Fsp3) is 0.364. The molecule has 0 saturated carbocycles. The van der Waals surface area contributed by atoms with Crippen molar-refractivity contribution in [2.45, 2.75) is 11.1 Å². The third-order valence-electron chi connectivity index (χ3n) is 1.99. The van der Waals surface area contributed by atoms with Crippen LogP contribution in [0.25, 0.3) is 0 Å². The molecule has 0 aliphatic heterocycles. The molecule has 0 heterocycles. The van der Waals surface area contributed by atoms with Crippen LogP contribution in [0, 0.1) is 5.82 Å². The van der Waals surface area contributed by atoms with E-state index in [0.29, 0.717) is 4.90 Å². The first kappa shape index (κ1) is 15.8. The number of nitrogens with one attached hydrogen (secondary N) is 1. The topological polar surface area (TPSA) is 38.3 Å². The summed E-state index contributed by atoms with van der Waals surface area (Å²) >= 11 is 3.96. The summed E-state index contributed by atoms with van der Waals surface area (Å²) < 4.78 is 52.8. The average Bonchev–Trinajstić information content (AvgIpc) is 2.30. The van der Waals surface area contributed by atoms with Gasteiger partial charge >= 0.3 is 6.18 Å². The average molecular weight is 297 g/mol. The molecule has 3 nitrogen and oxygen atoms in total. The molecule has 0 spiro atoms. The molecule has 0 fully saturated rings. The number of halogens is 4. The Labute approximate surface area is 112 Å². The SMILES string of the molecule is O=C(NCCOCC(F)(F)F)c1cc(S)ccc1F. The Balaban J connectivity index is 2.38. The van der Waals surface area contributed by atoms with Crippen LogP contribution in [0.2, 0.25) is 0 Å². The summed E-state index contributed by atoms with van der Waals surface area (Å²) in [5.74, 6) is -1.46. The van der Waals surface area contributed by atoms with E-state index in [9.17, 15) is 22.4 Å². The van der Waals surface area contributed by atoms with Crippen molar-refractivity contribution in [1.82, 2.24) is 5.32 Å². The van der Waals surface area contributed by atoms with E-state index >= 15 is 0 Å². The maximum Gasteiger partial charge on any atom is 0.411 e. The molecule has 1 amide bonds. The number of amides is 1. The Morgan fingerprint density at radius 1 is 1.37 bits per heavy atom. The van der Waals surface area contributed by atoms with Crippen LogP contribution in [0.5, 0.6) is 0 Å². The first-order valence-electron chi connectivity index (χ1n) is 5.21. The second-order valence-corrected chi connectivity index (χ2v) is 4.10. The molecule has 1 aromatic rings. The van der Waals surface area contributed by atoms with Gasteiger partial charge in [0.1, 0.15) is 12.4 Å². The van der Waals surface area contributed by atoms with Gasteiger partial charge in [-0.2, -0.15) is 13.2 Å². The highest BCUT2D eigenvalue weighted by atomic mass is 32.1. The van der Waals surface area contributed by atoms with Crippen LogP contribution in [0.4, 0.5) is 17.6 Å². The van der Waals surface area contributed by atoms with E-state index in [1.807, 2.05) is 0 Å². The van der Waals surface area contributed by atoms with Crippen LogP contribution in [0.1, 0.15) is 10.4 Å². The maximum atomic E-state index is 13.3. The molecule has 1 rings (SSSR count). The summed E-state index contributed by atoms with van der Waals surface area (Å²) in [5, 5.41) is 2.25. The van der Waals surface area contributed by atoms with Gasteiger partial charge in [-0.1, -0.05) is 0 Å². The standard InChI is InChI=1S/C11H11F4NO2S/c12-9-2-1-7(19)5-8(9)10(17)16-3-4-18-6-11(13,14)15/h1-2,5,19H,3-4,6H2,(H,16,17). The van der Waals surface area contributed by atoms with Crippen molar-refractivity contribution in [1.29, 1.82) is 0 Å². The van der Waals surface area contributed by atoms with E-state index in [1.54, 1.807) is 0 Å². The van der Waals surface area contributed by atoms with Crippen LogP contribution < -0.4 is 5.32 Å². The summed E-state index contributed by atoms with van der Waals surface area (Å²) in [6.07, 6.45) is -4.41. The van der Waals surface area contributed by atoms with Crippen molar-refractivity contribution in [3.63, 3.8) is 0 Å². The third-order valence-corrected chi connectivity index (χ3v) is 2.27. The molecule has 0 aromatic heterocycles. The van der Waals surface area contributed by atoms with Crippen molar-refractivity contribution in [3.8, 4) is 0 Å². The molecule has 0 bridgehead atoms. The van der Waals surface area contributed by atoms with Crippen LogP contribution in [-0.2, 0) is 4.74 Å². The molecule has 8 heteroatoms. The lowest BCUT2D eigenvalue weighted by molar-refractivity contribution is -0.173. The molecule has 0 aliphatic carbocycles. The van der Waals surface area contributed by atoms with E-state index in [2.05, 4.69) is 22.7 Å². The second kappa shape index (κ2) is 6.76. The number of carbonyl (C=O) groups excluding carboxylic acids is 1. The van der Waals surface area contributed by atoms with Crippen molar-refractivity contribution in [3.05, 3.63) is 29.6 Å². The van der Waals surface area contributed by atoms with Gasteiger partial charge in [-0.15, -0.1) is 12.6 Å². The number of benzene rings is 1. The number of carbonyl (C=O) groups is 1. The van der Waals surface area contributed by atoms with Gasteiger partial charge in [0.05, 0.1) is 12.2 Å². The number of hydrogen-bond acceptors (Lipinski definition) is 3. The Morgan fingerprint density at radius 3 is 2.68 bits per heavy atom. The van der Waals surface area contributed by atoms with Crippen molar-refractivity contribution in [2.24, 2.45) is 0 Å². The minimum atomic E-state index is -4.41. The van der Waals surface area contributed by atoms with Gasteiger partial charge in [-0.3, -0.25) is 4.79 Å². The van der Waals surface area contributed by atoms with Gasteiger partial charge in [0.25, 0.3) is 5.91 Å². The Hall–Kier alpha value is -1.28. The zero-order chi connectivity index (χ0) is 14.5. The Kier molecular flexibility index (Phi) is 5.61. The zero-order valence-electron chi connectivity index (χ0n) is 9.63. The van der Waals surface area contributed by atoms with E-state index < -0.39 is 24.5 Å². The van der Waals surface area contributed by atoms with E-state index in [-0.39, 0.29) is 18.7 Å². The highest BCUT2D eigenvalue weighted by Crippen LogP contribution is 2.14. The maximum absolute atomic E-state index is 13.3. The summed E-state index contributed by atoms with van der Waals surface area (Å²) in [5.41, 5.74) is -0.219. The molecule has 106 valence electrons. The molecular weight excluding hydrogens is 286 g/mol. The van der Waals surface area contributed by atoms with Crippen LogP contribution in [-0.4, -0.2) is 31.8 Å². The highest BCUT2D eigenvalue weighted by Gasteiger charge is 2.27. The van der Waals surface area contributed by atoms with Crippen LogP contribution >= 0.6 is 12.6 Å². The van der Waals surface area contributed by atoms with Gasteiger partial charge in [0.15, 0.2) is 0 Å². The Morgan fingerprint density at radius 2 is 2.05 bits per heavy atom. The summed E-state index contributed by atoms with van der Waals surface area (Å²) in [4.78, 5) is 11.9. The predicted molar refractivity (Wildman–Crippen MR) is 62.9 cm³/mol. The quantitative estimate of drug-likeness (QED) is 0.498. The number of hydrogen-bond donors (Lipinski definition) is 2. The van der Waals surface area contributed by atoms with E-state index in [4.69, 9.17) is 0 Å². The van der Waals surface area contributed by atoms with E-state index in [0.717, 1.165) is 6.07 Å². The van der Waals surface area contributed by atoms with Crippen LogP contribution in [0.3, 0.4) is 0 Å². The number of rotatable bonds is 5. The molecule has 0 unspecified atom stereocenters. The van der Waals surface area contributed by atoms with Crippen molar-refractivity contribution < 1.29 is 27.1 Å². The van der Waals surface area contributed by atoms with Crippen LogP contribution in [0.15, 0.2) is 23.1 Å². The fourth-order valence-corrected chi connectivity index (χ4v) is 1.41. The minimum absolute atomic E-state index is 0.148. The lowest BCUT2D eigenvalue weighted by Gasteiger charge is -2.09. The Bertz CT molecular complexity index is 451. The number of alkyl halides is 3. The summed E-state index contributed by atoms with van der Waals surface area (Å²) in [7, 11) is 0. The first-order valence-corrected chi connectivity index (χ1v) is 5.65. The molecule has 0 radical (unpaired) electrons. The molecule has 1 aromatic carbocycles. The molecule has 19 heavy (non-hydrogen) atoms. The van der Waals surface area contributed by atoms with Crippen molar-refractivity contribution >= 4 is 18.5 Å². The normalized spacial score (nSPS) is 11.4. The highest BCUT2D eigenvalue weighted by molar-refractivity contribution is 7.80. The van der Waals surface area contributed by atoms with Gasteiger partial charge in [-0.25, -0.2) is 4.39 Å². The lowest BCUT2D eigenvalue weighted by atomic mass is 10.2. The molecule has 0 atom stereocenters. The number of ether oxygens (including phenoxy) is 1. The second-order valence-electron chi connectivity index (χ2n) is 3.59. The fourth-order valence-electron chi connectivity index (χ4n) is 1.21. The molecule has 0 aliphatic rings.